The Morgan fingerprint density at radius 2 is 2.06 bits per heavy atom. The maximum Gasteiger partial charge on any atom is 0.333 e. The summed E-state index contributed by atoms with van der Waals surface area (Å²) in [6.07, 6.45) is 1.48. The first-order valence-corrected chi connectivity index (χ1v) is 10.5. The summed E-state index contributed by atoms with van der Waals surface area (Å²) < 4.78 is 13.3. The van der Waals surface area contributed by atoms with Crippen LogP contribution >= 0.6 is 11.6 Å². The van der Waals surface area contributed by atoms with Gasteiger partial charge in [-0.1, -0.05) is 29.8 Å². The predicted octanol–water partition coefficient (Wildman–Crippen LogP) is 5.34. The lowest BCUT2D eigenvalue weighted by Crippen LogP contribution is -2.26. The number of oxazole rings is 1. The van der Waals surface area contributed by atoms with Gasteiger partial charge in [-0.3, -0.25) is 0 Å². The molecule has 2 aromatic carbocycles. The van der Waals surface area contributed by atoms with Crippen molar-refractivity contribution in [3.63, 3.8) is 0 Å². The molecule has 0 amide bonds. The van der Waals surface area contributed by atoms with E-state index in [1.807, 2.05) is 61.7 Å². The number of aryl methyl sites for hydroxylation is 1. The van der Waals surface area contributed by atoms with E-state index in [9.17, 15) is 9.90 Å². The minimum atomic E-state index is -0.949. The average molecular weight is 439 g/mol. The molecule has 0 spiro atoms. The smallest absolute Gasteiger partial charge is 0.333 e. The molecule has 2 aromatic heterocycles. The second-order valence-electron chi connectivity index (χ2n) is 7.32. The van der Waals surface area contributed by atoms with Gasteiger partial charge in [0.05, 0.1) is 17.1 Å². The molecule has 0 aliphatic heterocycles. The molecular weight excluding hydrogens is 416 g/mol. The number of fused-ring (bicyclic) bond motifs is 1. The van der Waals surface area contributed by atoms with Crippen LogP contribution in [0.4, 0.5) is 0 Å². The molecule has 1 atom stereocenters. The number of aromatic nitrogens is 2. The standard InChI is InChI=1S/C24H23ClN2O4/c1-3-30-22(24(28)29)13-16-8-9-21-17(12-16)10-11-27(21)14-20-15(2)31-23(26-20)18-6-4-5-7-19(18)25/h4-12,22H,3,13-14H2,1-2H3,(H,28,29). The minimum Gasteiger partial charge on any atom is -0.479 e. The predicted molar refractivity (Wildman–Crippen MR) is 119 cm³/mol. The summed E-state index contributed by atoms with van der Waals surface area (Å²) in [5.41, 5.74) is 3.56. The van der Waals surface area contributed by atoms with E-state index in [4.69, 9.17) is 20.8 Å². The van der Waals surface area contributed by atoms with Crippen LogP contribution in [0.25, 0.3) is 22.4 Å². The number of hydrogen-bond donors (Lipinski definition) is 1. The molecule has 6 nitrogen and oxygen atoms in total. The highest BCUT2D eigenvalue weighted by Gasteiger charge is 2.19. The van der Waals surface area contributed by atoms with Crippen LogP contribution in [0.5, 0.6) is 0 Å². The molecule has 1 N–H and O–H groups in total. The van der Waals surface area contributed by atoms with Crippen molar-refractivity contribution in [1.82, 2.24) is 9.55 Å². The first-order valence-electron chi connectivity index (χ1n) is 10.1. The third kappa shape index (κ3) is 4.50. The third-order valence-corrected chi connectivity index (χ3v) is 5.55. The first-order chi connectivity index (χ1) is 15.0. The van der Waals surface area contributed by atoms with E-state index in [1.54, 1.807) is 6.92 Å². The maximum atomic E-state index is 11.4. The number of carbonyl (C=O) groups is 1. The minimum absolute atomic E-state index is 0.327. The lowest BCUT2D eigenvalue weighted by atomic mass is 10.1. The summed E-state index contributed by atoms with van der Waals surface area (Å²) >= 11 is 6.28. The van der Waals surface area contributed by atoms with Crippen molar-refractivity contribution in [3.05, 3.63) is 76.8 Å². The molecule has 1 unspecified atom stereocenters. The van der Waals surface area contributed by atoms with Gasteiger partial charge in [-0.15, -0.1) is 0 Å². The Balaban J connectivity index is 1.57. The monoisotopic (exact) mass is 438 g/mol. The van der Waals surface area contributed by atoms with Gasteiger partial charge in [0.15, 0.2) is 6.10 Å². The molecule has 0 saturated carbocycles. The molecular formula is C24H23ClN2O4. The molecule has 0 bridgehead atoms. The van der Waals surface area contributed by atoms with Crippen LogP contribution in [-0.2, 0) is 22.5 Å². The van der Waals surface area contributed by atoms with Crippen molar-refractivity contribution in [2.75, 3.05) is 6.61 Å². The Bertz CT molecular complexity index is 1230. The van der Waals surface area contributed by atoms with Crippen molar-refractivity contribution in [2.45, 2.75) is 32.9 Å². The fraction of sp³-hybridized carbons (Fsp3) is 0.250. The Hall–Kier alpha value is -3.09. The van der Waals surface area contributed by atoms with Gasteiger partial charge >= 0.3 is 5.97 Å². The molecule has 4 rings (SSSR count). The summed E-state index contributed by atoms with van der Waals surface area (Å²) in [6, 6.07) is 15.4. The highest BCUT2D eigenvalue weighted by atomic mass is 35.5. The zero-order chi connectivity index (χ0) is 22.0. The van der Waals surface area contributed by atoms with Crippen LogP contribution in [0.2, 0.25) is 5.02 Å². The van der Waals surface area contributed by atoms with E-state index >= 15 is 0 Å². The Labute approximate surface area is 185 Å². The summed E-state index contributed by atoms with van der Waals surface area (Å²) in [6.45, 7) is 4.61. The molecule has 0 radical (unpaired) electrons. The lowest BCUT2D eigenvalue weighted by molar-refractivity contribution is -0.149. The van der Waals surface area contributed by atoms with E-state index in [0.717, 1.165) is 33.5 Å². The summed E-state index contributed by atoms with van der Waals surface area (Å²) in [5.74, 6) is 0.303. The maximum absolute atomic E-state index is 11.4. The zero-order valence-corrected chi connectivity index (χ0v) is 18.1. The summed E-state index contributed by atoms with van der Waals surface area (Å²) in [4.78, 5) is 16.0. The number of rotatable bonds is 8. The number of halogens is 1. The van der Waals surface area contributed by atoms with Crippen LogP contribution < -0.4 is 0 Å². The SMILES string of the molecule is CCOC(Cc1ccc2c(ccn2Cc2nc(-c3ccccc3Cl)oc2C)c1)C(=O)O. The van der Waals surface area contributed by atoms with Crippen LogP contribution in [0.15, 0.2) is 59.1 Å². The molecule has 4 aromatic rings. The van der Waals surface area contributed by atoms with Gasteiger partial charge in [0.25, 0.3) is 0 Å². The van der Waals surface area contributed by atoms with E-state index < -0.39 is 12.1 Å². The molecule has 160 valence electrons. The van der Waals surface area contributed by atoms with Crippen molar-refractivity contribution in [1.29, 1.82) is 0 Å². The average Bonchev–Trinajstić information content (AvgIpc) is 3.31. The van der Waals surface area contributed by atoms with E-state index in [-0.39, 0.29) is 0 Å². The number of aliphatic carboxylic acids is 1. The zero-order valence-electron chi connectivity index (χ0n) is 17.3. The van der Waals surface area contributed by atoms with Gasteiger partial charge in [-0.25, -0.2) is 9.78 Å². The number of nitrogens with zero attached hydrogens (tertiary/aromatic N) is 2. The largest absolute Gasteiger partial charge is 0.479 e. The van der Waals surface area contributed by atoms with Crippen molar-refractivity contribution in [2.24, 2.45) is 0 Å². The van der Waals surface area contributed by atoms with E-state index in [0.29, 0.717) is 30.5 Å². The highest BCUT2D eigenvalue weighted by Crippen LogP contribution is 2.29. The fourth-order valence-corrected chi connectivity index (χ4v) is 3.85. The van der Waals surface area contributed by atoms with E-state index in [2.05, 4.69) is 9.55 Å². The summed E-state index contributed by atoms with van der Waals surface area (Å²) in [5, 5.41) is 11.0. The van der Waals surface area contributed by atoms with E-state index in [1.165, 1.54) is 0 Å². The number of hydrogen-bond acceptors (Lipinski definition) is 4. The second kappa shape index (κ2) is 8.96. The van der Waals surface area contributed by atoms with Crippen molar-refractivity contribution in [3.8, 4) is 11.5 Å². The molecule has 7 heteroatoms. The molecule has 0 aliphatic rings. The van der Waals surface area contributed by atoms with Crippen LogP contribution in [-0.4, -0.2) is 33.3 Å². The van der Waals surface area contributed by atoms with Gasteiger partial charge in [-0.05, 0) is 55.1 Å². The van der Waals surface area contributed by atoms with Crippen LogP contribution in [0.3, 0.4) is 0 Å². The number of ether oxygens (including phenoxy) is 1. The van der Waals surface area contributed by atoms with Crippen LogP contribution in [0.1, 0.15) is 23.9 Å². The normalized spacial score (nSPS) is 12.4. The third-order valence-electron chi connectivity index (χ3n) is 5.22. The Kier molecular flexibility index (Phi) is 6.11. The van der Waals surface area contributed by atoms with Gasteiger partial charge in [0.2, 0.25) is 5.89 Å². The number of benzene rings is 2. The van der Waals surface area contributed by atoms with Gasteiger partial charge in [0, 0.05) is 24.7 Å². The topological polar surface area (TPSA) is 77.5 Å². The lowest BCUT2D eigenvalue weighted by Gasteiger charge is -2.12. The second-order valence-corrected chi connectivity index (χ2v) is 7.73. The van der Waals surface area contributed by atoms with Crippen LogP contribution in [0, 0.1) is 6.92 Å². The highest BCUT2D eigenvalue weighted by molar-refractivity contribution is 6.33. The van der Waals surface area contributed by atoms with Gasteiger partial charge in [0.1, 0.15) is 11.5 Å². The molecule has 31 heavy (non-hydrogen) atoms. The number of carboxylic acids is 1. The molecule has 0 fully saturated rings. The fourth-order valence-electron chi connectivity index (χ4n) is 3.63. The molecule has 0 saturated heterocycles. The van der Waals surface area contributed by atoms with Crippen molar-refractivity contribution < 1.29 is 19.1 Å². The quantitative estimate of drug-likeness (QED) is 0.402. The Morgan fingerprint density at radius 3 is 2.81 bits per heavy atom. The van der Waals surface area contributed by atoms with Gasteiger partial charge < -0.3 is 18.8 Å². The summed E-state index contributed by atoms with van der Waals surface area (Å²) in [7, 11) is 0. The first kappa shape index (κ1) is 21.2. The van der Waals surface area contributed by atoms with Crippen molar-refractivity contribution >= 4 is 28.5 Å². The Morgan fingerprint density at radius 1 is 1.26 bits per heavy atom. The molecule has 2 heterocycles. The van der Waals surface area contributed by atoms with Gasteiger partial charge in [-0.2, -0.15) is 0 Å². The molecule has 0 aliphatic carbocycles. The number of carboxylic acid groups (broad SMARTS) is 1.